The first-order valence-corrected chi connectivity index (χ1v) is 6.28. The van der Waals surface area contributed by atoms with Crippen LogP contribution in [0.2, 0.25) is 0 Å². The van der Waals surface area contributed by atoms with Crippen molar-refractivity contribution in [2.24, 2.45) is 5.92 Å². The Balaban J connectivity index is 1.78. The fraction of sp³-hybridized carbons (Fsp3) is 1.00. The highest BCUT2D eigenvalue weighted by molar-refractivity contribution is 4.91. The molecule has 3 nitrogen and oxygen atoms in total. The van der Waals surface area contributed by atoms with E-state index in [0.29, 0.717) is 6.04 Å². The molecule has 15 heavy (non-hydrogen) atoms. The zero-order valence-corrected chi connectivity index (χ0v) is 10.4. The summed E-state index contributed by atoms with van der Waals surface area (Å²) in [7, 11) is 4.30. The molecule has 0 aromatic heterocycles. The third-order valence-electron chi connectivity index (χ3n) is 3.77. The van der Waals surface area contributed by atoms with E-state index in [2.05, 4.69) is 36.1 Å². The number of fused-ring (bicyclic) bond motifs is 2. The standard InChI is InChI=1S/C12H25N3/c1-10(8-14(2)3)13-12-5-7-15-6-4-11(12)9-15/h10-13H,4-9H2,1-3H3. The summed E-state index contributed by atoms with van der Waals surface area (Å²) in [5.41, 5.74) is 0. The van der Waals surface area contributed by atoms with Gasteiger partial charge in [-0.15, -0.1) is 0 Å². The minimum atomic E-state index is 0.622. The average Bonchev–Trinajstić information content (AvgIpc) is 2.52. The second kappa shape index (κ2) is 4.81. The molecule has 2 aliphatic rings. The molecular formula is C12H25N3. The van der Waals surface area contributed by atoms with E-state index in [0.717, 1.165) is 18.5 Å². The van der Waals surface area contributed by atoms with Gasteiger partial charge >= 0.3 is 0 Å². The summed E-state index contributed by atoms with van der Waals surface area (Å²) < 4.78 is 0. The van der Waals surface area contributed by atoms with Gasteiger partial charge in [-0.3, -0.25) is 0 Å². The predicted octanol–water partition coefficient (Wildman–Crippen LogP) is 0.620. The summed E-state index contributed by atoms with van der Waals surface area (Å²) in [5.74, 6) is 0.920. The summed E-state index contributed by atoms with van der Waals surface area (Å²) in [6.07, 6.45) is 2.76. The molecule has 2 aliphatic heterocycles. The van der Waals surface area contributed by atoms with E-state index >= 15 is 0 Å². The maximum Gasteiger partial charge on any atom is 0.0169 e. The SMILES string of the molecule is CC(CN(C)C)NC1CCN2CCC1C2. The topological polar surface area (TPSA) is 18.5 Å². The van der Waals surface area contributed by atoms with Gasteiger partial charge in [-0.05, 0) is 52.9 Å². The molecule has 0 spiro atoms. The number of hydrogen-bond donors (Lipinski definition) is 1. The molecule has 0 aliphatic carbocycles. The van der Waals surface area contributed by atoms with Crippen molar-refractivity contribution < 1.29 is 0 Å². The van der Waals surface area contributed by atoms with Crippen molar-refractivity contribution in [3.8, 4) is 0 Å². The van der Waals surface area contributed by atoms with Crippen LogP contribution in [0.5, 0.6) is 0 Å². The van der Waals surface area contributed by atoms with Crippen LogP contribution in [-0.2, 0) is 0 Å². The molecule has 0 radical (unpaired) electrons. The molecule has 0 aromatic rings. The molecule has 1 N–H and O–H groups in total. The van der Waals surface area contributed by atoms with Crippen LogP contribution >= 0.6 is 0 Å². The van der Waals surface area contributed by atoms with Gasteiger partial charge in [0.1, 0.15) is 0 Å². The van der Waals surface area contributed by atoms with Gasteiger partial charge in [-0.2, -0.15) is 0 Å². The molecule has 2 bridgehead atoms. The Morgan fingerprint density at radius 1 is 1.33 bits per heavy atom. The number of hydrogen-bond acceptors (Lipinski definition) is 3. The Bertz CT molecular complexity index is 205. The van der Waals surface area contributed by atoms with Crippen molar-refractivity contribution in [1.82, 2.24) is 15.1 Å². The van der Waals surface area contributed by atoms with E-state index in [4.69, 9.17) is 0 Å². The molecule has 2 fully saturated rings. The van der Waals surface area contributed by atoms with Crippen molar-refractivity contribution in [3.05, 3.63) is 0 Å². The lowest BCUT2D eigenvalue weighted by molar-refractivity contribution is 0.203. The summed E-state index contributed by atoms with van der Waals surface area (Å²) in [5, 5.41) is 3.81. The number of nitrogens with one attached hydrogen (secondary N) is 1. The molecule has 2 heterocycles. The van der Waals surface area contributed by atoms with Gasteiger partial charge in [-0.25, -0.2) is 0 Å². The first-order valence-electron chi connectivity index (χ1n) is 6.28. The smallest absolute Gasteiger partial charge is 0.0169 e. The van der Waals surface area contributed by atoms with E-state index < -0.39 is 0 Å². The summed E-state index contributed by atoms with van der Waals surface area (Å²) in [6.45, 7) is 7.44. The maximum absolute atomic E-state index is 3.81. The highest BCUT2D eigenvalue weighted by Crippen LogP contribution is 2.27. The van der Waals surface area contributed by atoms with Crippen molar-refractivity contribution in [1.29, 1.82) is 0 Å². The quantitative estimate of drug-likeness (QED) is 0.735. The first kappa shape index (κ1) is 11.4. The van der Waals surface area contributed by atoms with Crippen LogP contribution < -0.4 is 5.32 Å². The van der Waals surface area contributed by atoms with Gasteiger partial charge in [0.25, 0.3) is 0 Å². The molecule has 0 aromatic carbocycles. The molecule has 3 heteroatoms. The van der Waals surface area contributed by atoms with Crippen molar-refractivity contribution >= 4 is 0 Å². The summed E-state index contributed by atoms with van der Waals surface area (Å²) >= 11 is 0. The normalized spacial score (nSPS) is 37.2. The molecule has 0 amide bonds. The maximum atomic E-state index is 3.81. The highest BCUT2D eigenvalue weighted by atomic mass is 15.2. The van der Waals surface area contributed by atoms with Crippen LogP contribution in [0, 0.1) is 5.92 Å². The Morgan fingerprint density at radius 3 is 2.80 bits per heavy atom. The van der Waals surface area contributed by atoms with Crippen LogP contribution in [0.1, 0.15) is 19.8 Å². The third kappa shape index (κ3) is 2.92. The van der Waals surface area contributed by atoms with Gasteiger partial charge in [-0.1, -0.05) is 0 Å². The van der Waals surface area contributed by atoms with Crippen molar-refractivity contribution in [2.75, 3.05) is 40.3 Å². The Labute approximate surface area is 93.8 Å². The Hall–Kier alpha value is -0.120. The largest absolute Gasteiger partial charge is 0.310 e. The fourth-order valence-electron chi connectivity index (χ4n) is 3.14. The summed E-state index contributed by atoms with van der Waals surface area (Å²) in [4.78, 5) is 4.88. The van der Waals surface area contributed by atoms with Gasteiger partial charge < -0.3 is 15.1 Å². The Morgan fingerprint density at radius 2 is 2.07 bits per heavy atom. The van der Waals surface area contributed by atoms with Crippen LogP contribution in [0.3, 0.4) is 0 Å². The number of nitrogens with zero attached hydrogens (tertiary/aromatic N) is 2. The second-order valence-electron chi connectivity index (χ2n) is 5.57. The minimum absolute atomic E-state index is 0.622. The third-order valence-corrected chi connectivity index (χ3v) is 3.77. The lowest BCUT2D eigenvalue weighted by atomic mass is 9.93. The number of rotatable bonds is 4. The van der Waals surface area contributed by atoms with Gasteiger partial charge in [0.05, 0.1) is 0 Å². The van der Waals surface area contributed by atoms with Gasteiger partial charge in [0, 0.05) is 25.2 Å². The lowest BCUT2D eigenvalue weighted by Gasteiger charge is -2.33. The summed E-state index contributed by atoms with van der Waals surface area (Å²) in [6, 6.07) is 1.40. The molecule has 88 valence electrons. The monoisotopic (exact) mass is 211 g/mol. The Kier molecular flexibility index (Phi) is 3.65. The van der Waals surface area contributed by atoms with Crippen LogP contribution in [0.15, 0.2) is 0 Å². The fourth-order valence-corrected chi connectivity index (χ4v) is 3.14. The van der Waals surface area contributed by atoms with E-state index in [9.17, 15) is 0 Å². The van der Waals surface area contributed by atoms with E-state index in [1.165, 1.54) is 32.5 Å². The molecule has 2 rings (SSSR count). The van der Waals surface area contributed by atoms with E-state index in [1.807, 2.05) is 0 Å². The minimum Gasteiger partial charge on any atom is -0.310 e. The van der Waals surface area contributed by atoms with Crippen molar-refractivity contribution in [2.45, 2.75) is 31.8 Å². The zero-order chi connectivity index (χ0) is 10.8. The van der Waals surface area contributed by atoms with Crippen LogP contribution in [-0.4, -0.2) is 62.2 Å². The molecule has 2 saturated heterocycles. The molecule has 0 saturated carbocycles. The number of likely N-dealkylation sites (N-methyl/N-ethyl adjacent to an activating group) is 1. The van der Waals surface area contributed by atoms with E-state index in [1.54, 1.807) is 0 Å². The van der Waals surface area contributed by atoms with Crippen LogP contribution in [0.25, 0.3) is 0 Å². The first-order chi connectivity index (χ1) is 7.15. The predicted molar refractivity (Wildman–Crippen MR) is 64.1 cm³/mol. The molecular weight excluding hydrogens is 186 g/mol. The van der Waals surface area contributed by atoms with Gasteiger partial charge in [0.15, 0.2) is 0 Å². The second-order valence-corrected chi connectivity index (χ2v) is 5.57. The van der Waals surface area contributed by atoms with Crippen molar-refractivity contribution in [3.63, 3.8) is 0 Å². The van der Waals surface area contributed by atoms with E-state index in [-0.39, 0.29) is 0 Å². The molecule has 4 atom stereocenters. The molecule has 4 unspecified atom stereocenters. The zero-order valence-electron chi connectivity index (χ0n) is 10.4. The average molecular weight is 211 g/mol. The van der Waals surface area contributed by atoms with Gasteiger partial charge in [0.2, 0.25) is 0 Å². The van der Waals surface area contributed by atoms with Crippen LogP contribution in [0.4, 0.5) is 0 Å². The number of piperidine rings is 1. The highest BCUT2D eigenvalue weighted by Gasteiger charge is 2.34. The lowest BCUT2D eigenvalue weighted by Crippen LogP contribution is -2.49.